The highest BCUT2D eigenvalue weighted by Crippen LogP contribution is 2.63. The number of urea groups is 1. The monoisotopic (exact) mass is 886 g/mol. The Kier molecular flexibility index (Phi) is 14.2. The molecular weight excluding hydrogens is 828 g/mol. The highest BCUT2D eigenvalue weighted by Gasteiger charge is 2.81. The Hall–Kier alpha value is -3.75. The van der Waals surface area contributed by atoms with Crippen molar-refractivity contribution in [2.24, 2.45) is 29.1 Å². The van der Waals surface area contributed by atoms with Gasteiger partial charge in [-0.2, -0.15) is 39.5 Å². The lowest BCUT2D eigenvalue weighted by Crippen LogP contribution is -2.60. The molecule has 2 saturated carbocycles. The molecule has 9 atom stereocenters. The van der Waals surface area contributed by atoms with Crippen molar-refractivity contribution in [3.63, 3.8) is 0 Å². The minimum absolute atomic E-state index is 0.0904. The van der Waals surface area contributed by atoms with E-state index in [-0.39, 0.29) is 24.4 Å². The van der Waals surface area contributed by atoms with Crippen LogP contribution in [0.5, 0.6) is 5.75 Å². The van der Waals surface area contributed by atoms with Gasteiger partial charge in [0.1, 0.15) is 5.75 Å². The van der Waals surface area contributed by atoms with E-state index in [1.165, 1.54) is 23.1 Å². The number of halogens is 9. The highest BCUT2D eigenvalue weighted by molar-refractivity contribution is 5.98. The zero-order chi connectivity index (χ0) is 45.4. The third-order valence-corrected chi connectivity index (χ3v) is 14.9. The predicted molar refractivity (Wildman–Crippen MR) is 216 cm³/mol. The molecule has 15 heteroatoms. The molecule has 3 fully saturated rings. The Balaban J connectivity index is 1.09. The fourth-order valence-corrected chi connectivity index (χ4v) is 11.2. The van der Waals surface area contributed by atoms with Crippen LogP contribution in [0.15, 0.2) is 60.7 Å². The lowest BCUT2D eigenvalue weighted by atomic mass is 9.52. The van der Waals surface area contributed by atoms with Gasteiger partial charge in [0.25, 0.3) is 0 Å². The number of likely N-dealkylation sites (N-methyl/N-ethyl adjacent to an activating group) is 1. The Bertz CT molecular complexity index is 1910. The quantitative estimate of drug-likeness (QED) is 0.0976. The van der Waals surface area contributed by atoms with E-state index in [2.05, 4.69) is 31.2 Å². The molecule has 0 spiro atoms. The second kappa shape index (κ2) is 18.4. The van der Waals surface area contributed by atoms with Crippen LogP contribution in [0.3, 0.4) is 0 Å². The van der Waals surface area contributed by atoms with Crippen LogP contribution in [-0.4, -0.2) is 77.1 Å². The first kappa shape index (κ1) is 47.7. The number of methoxy groups -OCH3 is 1. The van der Waals surface area contributed by atoms with E-state index in [0.29, 0.717) is 42.1 Å². The van der Waals surface area contributed by atoms with Gasteiger partial charge < -0.3 is 14.7 Å². The topological polar surface area (TPSA) is 70.1 Å². The fraction of sp³-hybridized carbons (Fsp3) is 0.660. The summed E-state index contributed by atoms with van der Waals surface area (Å²) in [6, 6.07) is 12.5. The van der Waals surface area contributed by atoms with Crippen LogP contribution in [0.2, 0.25) is 0 Å². The van der Waals surface area contributed by atoms with E-state index in [1.807, 2.05) is 6.07 Å². The number of allylic oxidation sites excluding steroid dienone is 2. The van der Waals surface area contributed by atoms with Crippen molar-refractivity contribution in [3.05, 3.63) is 77.4 Å². The zero-order valence-electron chi connectivity index (χ0n) is 35.8. The van der Waals surface area contributed by atoms with Gasteiger partial charge in [-0.15, -0.1) is 0 Å². The summed E-state index contributed by atoms with van der Waals surface area (Å²) >= 11 is 0. The number of unbranched alkanes of at least 4 members (excludes halogenated alkanes) is 4. The number of alkyl halides is 9. The maximum atomic E-state index is 14.8. The molecule has 3 unspecified atom stereocenters. The largest absolute Gasteiger partial charge is 0.497 e. The number of amides is 3. The van der Waals surface area contributed by atoms with Gasteiger partial charge >= 0.3 is 30.0 Å². The number of hydrogen-bond donors (Lipinski definition) is 1. The zero-order valence-corrected chi connectivity index (χ0v) is 35.8. The molecule has 62 heavy (non-hydrogen) atoms. The van der Waals surface area contributed by atoms with Crippen LogP contribution in [0.1, 0.15) is 126 Å². The van der Waals surface area contributed by atoms with Gasteiger partial charge in [-0.25, -0.2) is 4.79 Å². The molecular formula is C47H59F9N2O4. The highest BCUT2D eigenvalue weighted by atomic mass is 19.4. The van der Waals surface area contributed by atoms with E-state index < -0.39 is 66.7 Å². The number of ether oxygens (including phenoxy) is 1. The molecule has 1 aliphatic heterocycles. The number of aliphatic hydroxyl groups excluding tert-OH is 1. The molecule has 1 N–H and O–H groups in total. The Morgan fingerprint density at radius 3 is 2.29 bits per heavy atom. The summed E-state index contributed by atoms with van der Waals surface area (Å²) in [5.41, 5.74) is 3.14. The summed E-state index contributed by atoms with van der Waals surface area (Å²) in [5.74, 6) is -19.7. The number of fused-ring (bicyclic) bond motifs is 5. The molecule has 1 saturated heterocycles. The number of imide groups is 1. The summed E-state index contributed by atoms with van der Waals surface area (Å²) in [7, 11) is 3.10. The van der Waals surface area contributed by atoms with E-state index in [9.17, 15) is 54.2 Å². The Morgan fingerprint density at radius 1 is 0.919 bits per heavy atom. The van der Waals surface area contributed by atoms with Crippen molar-refractivity contribution in [2.75, 3.05) is 14.2 Å². The molecule has 2 aromatic rings. The minimum Gasteiger partial charge on any atom is -0.497 e. The van der Waals surface area contributed by atoms with Crippen molar-refractivity contribution in [1.29, 1.82) is 0 Å². The number of benzene rings is 2. The maximum Gasteiger partial charge on any atom is 0.460 e. The number of carbonyl (C=O) groups excluding carboxylic acids is 2. The van der Waals surface area contributed by atoms with Crippen molar-refractivity contribution in [2.45, 2.75) is 152 Å². The van der Waals surface area contributed by atoms with E-state index in [0.717, 1.165) is 62.0 Å². The van der Waals surface area contributed by atoms with Crippen LogP contribution in [0.4, 0.5) is 44.3 Å². The Morgan fingerprint density at radius 2 is 1.61 bits per heavy atom. The predicted octanol–water partition coefficient (Wildman–Crippen LogP) is 12.3. The third kappa shape index (κ3) is 8.86. The first-order valence-electron chi connectivity index (χ1n) is 21.9. The first-order valence-corrected chi connectivity index (χ1v) is 21.9. The lowest BCUT2D eigenvalue weighted by molar-refractivity contribution is -0.396. The molecule has 6 nitrogen and oxygen atoms in total. The first-order chi connectivity index (χ1) is 29.1. The van der Waals surface area contributed by atoms with Crippen molar-refractivity contribution in [1.82, 2.24) is 9.80 Å². The molecule has 3 aliphatic carbocycles. The van der Waals surface area contributed by atoms with Gasteiger partial charge in [0, 0.05) is 19.4 Å². The van der Waals surface area contributed by atoms with Crippen LogP contribution < -0.4 is 4.74 Å². The second-order valence-corrected chi connectivity index (χ2v) is 18.4. The van der Waals surface area contributed by atoms with E-state index in [4.69, 9.17) is 4.74 Å². The van der Waals surface area contributed by atoms with Crippen molar-refractivity contribution < 1.29 is 58.9 Å². The SMILES string of the molecule is COc1ccc2c(c1)C[C@@H](C/C=C\CCCCCC[C@H](CCC(F)(F)C(F)(F)C(F)(F)C(F)(F)F)C(=O)N1C(=O)N(C)[C@@H](C)[C@H]1c1ccccc1)C1C2CC[C@@]2(C)C1CC[C@@H]2O. The third-order valence-electron chi connectivity index (χ3n) is 14.9. The van der Waals surface area contributed by atoms with Gasteiger partial charge in [0.15, 0.2) is 0 Å². The van der Waals surface area contributed by atoms with Crippen LogP contribution in [0, 0.1) is 29.1 Å². The normalized spacial score (nSPS) is 28.5. The average Bonchev–Trinajstić information content (AvgIpc) is 3.66. The second-order valence-electron chi connectivity index (χ2n) is 18.4. The Labute approximate surface area is 358 Å². The van der Waals surface area contributed by atoms with Crippen molar-refractivity contribution in [3.8, 4) is 5.75 Å². The molecule has 2 aromatic carbocycles. The summed E-state index contributed by atoms with van der Waals surface area (Å²) in [6.07, 6.45) is 2.09. The molecule has 1 heterocycles. The summed E-state index contributed by atoms with van der Waals surface area (Å²) in [6.45, 7) is 3.91. The van der Waals surface area contributed by atoms with Crippen molar-refractivity contribution >= 4 is 11.9 Å². The number of hydrogen-bond acceptors (Lipinski definition) is 4. The van der Waals surface area contributed by atoms with Gasteiger partial charge in [-0.05, 0) is 129 Å². The standard InChI is InChI=1S/C47H59F9N2O4/c1-29-40(30-15-13-10-14-16-30)58(42(61)57(29)3)41(60)31(23-26-44(48,49)45(50,51)46(52,53)47(54,55)56)17-11-8-6-5-7-9-12-18-32-27-33-28-34(62-4)19-20-35(33)36-24-25-43(2)37(39(32)36)21-22-38(43)59/h9-10,12-16,19-20,28-29,31-32,36-40,59H,5-8,11,17-18,21-27H2,1-4H3/b12-9-/t29-,31+,32+,36?,37?,38-,39?,40-,43-/m0/s1. The van der Waals surface area contributed by atoms with Crippen LogP contribution in [-0.2, 0) is 11.2 Å². The van der Waals surface area contributed by atoms with E-state index >= 15 is 0 Å². The van der Waals surface area contributed by atoms with Gasteiger partial charge in [0.2, 0.25) is 5.91 Å². The van der Waals surface area contributed by atoms with Crippen LogP contribution in [0.25, 0.3) is 0 Å². The van der Waals surface area contributed by atoms with Crippen LogP contribution >= 0.6 is 0 Å². The molecule has 0 radical (unpaired) electrons. The number of carbonyl (C=O) groups is 2. The minimum atomic E-state index is -7.03. The molecule has 4 aliphatic rings. The van der Waals surface area contributed by atoms with Gasteiger partial charge in [-0.1, -0.05) is 74.7 Å². The number of rotatable bonds is 17. The summed E-state index contributed by atoms with van der Waals surface area (Å²) < 4.78 is 130. The summed E-state index contributed by atoms with van der Waals surface area (Å²) in [4.78, 5) is 29.6. The fourth-order valence-electron chi connectivity index (χ4n) is 11.2. The molecule has 6 rings (SSSR count). The maximum absolute atomic E-state index is 14.8. The molecule has 0 bridgehead atoms. The molecule has 0 aromatic heterocycles. The number of nitrogens with zero attached hydrogens (tertiary/aromatic N) is 2. The molecule has 344 valence electrons. The summed E-state index contributed by atoms with van der Waals surface area (Å²) in [5, 5.41) is 11.0. The smallest absolute Gasteiger partial charge is 0.460 e. The van der Waals surface area contributed by atoms with Gasteiger partial charge in [0.05, 0.1) is 25.3 Å². The number of aliphatic hydroxyl groups is 1. The van der Waals surface area contributed by atoms with E-state index in [1.54, 1.807) is 44.4 Å². The van der Waals surface area contributed by atoms with Gasteiger partial charge in [-0.3, -0.25) is 9.69 Å². The average molecular weight is 887 g/mol. The molecule has 3 amide bonds. The lowest BCUT2D eigenvalue weighted by Gasteiger charge is -2.53.